The summed E-state index contributed by atoms with van der Waals surface area (Å²) in [6.45, 7) is 3.85. The Labute approximate surface area is 111 Å². The highest BCUT2D eigenvalue weighted by Gasteiger charge is 2.08. The molecule has 98 valence electrons. The molecule has 0 radical (unpaired) electrons. The third kappa shape index (κ3) is 3.10. The predicted molar refractivity (Wildman–Crippen MR) is 71.8 cm³/mol. The summed E-state index contributed by atoms with van der Waals surface area (Å²) in [6.07, 6.45) is 2.23. The van der Waals surface area contributed by atoms with E-state index in [1.165, 1.54) is 11.8 Å². The van der Waals surface area contributed by atoms with Crippen molar-refractivity contribution in [1.82, 2.24) is 4.98 Å². The van der Waals surface area contributed by atoms with E-state index in [-0.39, 0.29) is 5.56 Å². The van der Waals surface area contributed by atoms with Crippen LogP contribution in [0.3, 0.4) is 0 Å². The molecule has 0 amide bonds. The molecule has 1 aromatic carbocycles. The number of carboxylic acids is 1. The maximum absolute atomic E-state index is 10.8. The van der Waals surface area contributed by atoms with Crippen molar-refractivity contribution in [3.05, 3.63) is 53.2 Å². The van der Waals surface area contributed by atoms with Crippen molar-refractivity contribution in [2.24, 2.45) is 0 Å². The first-order valence-corrected chi connectivity index (χ1v) is 6.07. The van der Waals surface area contributed by atoms with Crippen LogP contribution < -0.4 is 4.74 Å². The second-order valence-electron chi connectivity index (χ2n) is 4.25. The number of aromatic nitrogens is 1. The zero-order valence-electron chi connectivity index (χ0n) is 10.9. The van der Waals surface area contributed by atoms with Gasteiger partial charge in [-0.25, -0.2) is 9.78 Å². The maximum atomic E-state index is 10.8. The largest absolute Gasteiger partial charge is 0.478 e. The van der Waals surface area contributed by atoms with E-state index in [4.69, 9.17) is 9.84 Å². The van der Waals surface area contributed by atoms with E-state index in [1.54, 1.807) is 13.0 Å². The molecule has 0 aliphatic heterocycles. The van der Waals surface area contributed by atoms with Gasteiger partial charge in [-0.05, 0) is 37.1 Å². The van der Waals surface area contributed by atoms with Gasteiger partial charge in [-0.3, -0.25) is 0 Å². The van der Waals surface area contributed by atoms with Gasteiger partial charge < -0.3 is 9.84 Å². The number of hydrogen-bond donors (Lipinski definition) is 1. The lowest BCUT2D eigenvalue weighted by atomic mass is 10.1. The van der Waals surface area contributed by atoms with Crippen LogP contribution in [-0.2, 0) is 6.42 Å². The van der Waals surface area contributed by atoms with Gasteiger partial charge in [0.2, 0.25) is 5.88 Å². The van der Waals surface area contributed by atoms with E-state index >= 15 is 0 Å². The molecule has 19 heavy (non-hydrogen) atoms. The van der Waals surface area contributed by atoms with Crippen LogP contribution in [0.15, 0.2) is 36.5 Å². The van der Waals surface area contributed by atoms with Gasteiger partial charge in [-0.2, -0.15) is 0 Å². The lowest BCUT2D eigenvalue weighted by Crippen LogP contribution is -2.00. The summed E-state index contributed by atoms with van der Waals surface area (Å²) in [5.41, 5.74) is 2.03. The molecular formula is C15H15NO3. The molecule has 2 rings (SSSR count). The maximum Gasteiger partial charge on any atom is 0.337 e. The highest BCUT2D eigenvalue weighted by Crippen LogP contribution is 2.24. The lowest BCUT2D eigenvalue weighted by Gasteiger charge is -2.09. The fraction of sp³-hybridized carbons (Fsp3) is 0.200. The van der Waals surface area contributed by atoms with E-state index in [9.17, 15) is 4.79 Å². The Hall–Kier alpha value is -2.36. The summed E-state index contributed by atoms with van der Waals surface area (Å²) >= 11 is 0. The van der Waals surface area contributed by atoms with Crippen LogP contribution in [-0.4, -0.2) is 16.1 Å². The minimum absolute atomic E-state index is 0.159. The van der Waals surface area contributed by atoms with E-state index in [2.05, 4.69) is 11.9 Å². The number of benzene rings is 1. The summed E-state index contributed by atoms with van der Waals surface area (Å²) in [5.74, 6) is 0.145. The third-order valence-corrected chi connectivity index (χ3v) is 2.80. The monoisotopic (exact) mass is 257 g/mol. The fourth-order valence-electron chi connectivity index (χ4n) is 1.73. The second-order valence-corrected chi connectivity index (χ2v) is 4.25. The van der Waals surface area contributed by atoms with E-state index in [1.807, 2.05) is 24.3 Å². The molecule has 0 unspecified atom stereocenters. The zero-order chi connectivity index (χ0) is 13.8. The Kier molecular flexibility index (Phi) is 3.80. The Balaban J connectivity index is 2.25. The topological polar surface area (TPSA) is 59.4 Å². The smallest absolute Gasteiger partial charge is 0.337 e. The molecule has 2 aromatic rings. The van der Waals surface area contributed by atoms with Crippen molar-refractivity contribution < 1.29 is 14.6 Å². The molecular weight excluding hydrogens is 242 g/mol. The predicted octanol–water partition coefficient (Wildman–Crippen LogP) is 3.44. The van der Waals surface area contributed by atoms with E-state index in [0.717, 1.165) is 6.42 Å². The minimum atomic E-state index is -0.991. The summed E-state index contributed by atoms with van der Waals surface area (Å²) in [4.78, 5) is 14.9. The van der Waals surface area contributed by atoms with Crippen LogP contribution in [0, 0.1) is 6.92 Å². The van der Waals surface area contributed by atoms with Gasteiger partial charge in [0, 0.05) is 11.8 Å². The number of carboxylic acid groups (broad SMARTS) is 1. The highest BCUT2D eigenvalue weighted by atomic mass is 16.5. The molecule has 0 saturated carbocycles. The number of aromatic carboxylic acids is 1. The molecule has 1 N–H and O–H groups in total. The Morgan fingerprint density at radius 3 is 2.79 bits per heavy atom. The first-order valence-electron chi connectivity index (χ1n) is 6.07. The first kappa shape index (κ1) is 13.1. The Morgan fingerprint density at radius 2 is 2.16 bits per heavy atom. The van der Waals surface area contributed by atoms with Crippen molar-refractivity contribution in [2.45, 2.75) is 20.3 Å². The molecule has 0 atom stereocenters. The quantitative estimate of drug-likeness (QED) is 0.911. The van der Waals surface area contributed by atoms with Crippen molar-refractivity contribution in [2.75, 3.05) is 0 Å². The highest BCUT2D eigenvalue weighted by molar-refractivity contribution is 5.87. The van der Waals surface area contributed by atoms with Crippen LogP contribution in [0.1, 0.15) is 28.4 Å². The molecule has 0 spiro atoms. The zero-order valence-corrected chi connectivity index (χ0v) is 10.9. The molecule has 0 fully saturated rings. The average molecular weight is 257 g/mol. The molecule has 4 heteroatoms. The third-order valence-electron chi connectivity index (χ3n) is 2.80. The van der Waals surface area contributed by atoms with Crippen LogP contribution in [0.25, 0.3) is 0 Å². The number of carbonyl (C=O) groups is 1. The van der Waals surface area contributed by atoms with Gasteiger partial charge in [0.1, 0.15) is 5.75 Å². The number of hydrogen-bond acceptors (Lipinski definition) is 3. The SMILES string of the molecule is CCc1cccc(Oc2ncc(C(=O)O)cc2C)c1. The van der Waals surface area contributed by atoms with Gasteiger partial charge in [-0.1, -0.05) is 19.1 Å². The van der Waals surface area contributed by atoms with Gasteiger partial charge in [0.05, 0.1) is 5.56 Å². The van der Waals surface area contributed by atoms with Crippen LogP contribution in [0.4, 0.5) is 0 Å². The normalized spacial score (nSPS) is 10.2. The van der Waals surface area contributed by atoms with Gasteiger partial charge >= 0.3 is 5.97 Å². The number of rotatable bonds is 4. The standard InChI is InChI=1S/C15H15NO3/c1-3-11-5-4-6-13(8-11)19-14-10(2)7-12(9-16-14)15(17)18/h4-9H,3H2,1-2H3,(H,17,18). The molecule has 1 heterocycles. The summed E-state index contributed by atoms with van der Waals surface area (Å²) in [7, 11) is 0. The number of ether oxygens (including phenoxy) is 1. The molecule has 0 aliphatic rings. The molecule has 1 aromatic heterocycles. The molecule has 0 aliphatic carbocycles. The van der Waals surface area contributed by atoms with E-state index < -0.39 is 5.97 Å². The van der Waals surface area contributed by atoms with Gasteiger partial charge in [0.25, 0.3) is 0 Å². The van der Waals surface area contributed by atoms with Crippen molar-refractivity contribution in [1.29, 1.82) is 0 Å². The van der Waals surface area contributed by atoms with E-state index in [0.29, 0.717) is 17.2 Å². The second kappa shape index (κ2) is 5.52. The van der Waals surface area contributed by atoms with Crippen LogP contribution in [0.2, 0.25) is 0 Å². The first-order chi connectivity index (χ1) is 9.10. The Bertz CT molecular complexity index is 608. The van der Waals surface area contributed by atoms with Crippen LogP contribution in [0.5, 0.6) is 11.6 Å². The number of nitrogens with zero attached hydrogens (tertiary/aromatic N) is 1. The van der Waals surface area contributed by atoms with Crippen molar-refractivity contribution in [3.63, 3.8) is 0 Å². The van der Waals surface area contributed by atoms with Crippen molar-refractivity contribution in [3.8, 4) is 11.6 Å². The number of aryl methyl sites for hydroxylation is 2. The number of pyridine rings is 1. The van der Waals surface area contributed by atoms with Gasteiger partial charge in [0.15, 0.2) is 0 Å². The van der Waals surface area contributed by atoms with Gasteiger partial charge in [-0.15, -0.1) is 0 Å². The molecule has 0 saturated heterocycles. The average Bonchev–Trinajstić information content (AvgIpc) is 2.41. The molecule has 4 nitrogen and oxygen atoms in total. The van der Waals surface area contributed by atoms with Crippen molar-refractivity contribution >= 4 is 5.97 Å². The van der Waals surface area contributed by atoms with Crippen LogP contribution >= 0.6 is 0 Å². The lowest BCUT2D eigenvalue weighted by molar-refractivity contribution is 0.0696. The summed E-state index contributed by atoms with van der Waals surface area (Å²) in [6, 6.07) is 9.31. The fourth-order valence-corrected chi connectivity index (χ4v) is 1.73. The minimum Gasteiger partial charge on any atom is -0.478 e. The Morgan fingerprint density at radius 1 is 1.37 bits per heavy atom. The summed E-state index contributed by atoms with van der Waals surface area (Å²) < 4.78 is 5.68. The molecule has 0 bridgehead atoms. The summed E-state index contributed by atoms with van der Waals surface area (Å²) in [5, 5.41) is 8.88.